The summed E-state index contributed by atoms with van der Waals surface area (Å²) >= 11 is 5.04. The van der Waals surface area contributed by atoms with E-state index in [2.05, 4.69) is 33.2 Å². The van der Waals surface area contributed by atoms with Gasteiger partial charge >= 0.3 is 0 Å². The van der Waals surface area contributed by atoms with E-state index >= 15 is 0 Å². The second kappa shape index (κ2) is 6.31. The third-order valence-electron chi connectivity index (χ3n) is 2.61. The number of nitrogens with zero attached hydrogens (tertiary/aromatic N) is 1. The van der Waals surface area contributed by atoms with Crippen LogP contribution in [0.2, 0.25) is 0 Å². The van der Waals surface area contributed by atoms with E-state index in [1.165, 1.54) is 4.88 Å². The van der Waals surface area contributed by atoms with Gasteiger partial charge in [0.25, 0.3) is 0 Å². The lowest BCUT2D eigenvalue weighted by atomic mass is 10.2. The summed E-state index contributed by atoms with van der Waals surface area (Å²) in [6, 6.07) is 5.65. The van der Waals surface area contributed by atoms with E-state index in [0.29, 0.717) is 12.3 Å². The molecule has 1 aromatic heterocycles. The highest BCUT2D eigenvalue weighted by Crippen LogP contribution is 2.27. The van der Waals surface area contributed by atoms with E-state index in [4.69, 9.17) is 0 Å². The second-order valence-electron chi connectivity index (χ2n) is 3.92. The van der Waals surface area contributed by atoms with Gasteiger partial charge in [0.15, 0.2) is 0 Å². The van der Waals surface area contributed by atoms with Gasteiger partial charge in [-0.25, -0.2) is 4.98 Å². The summed E-state index contributed by atoms with van der Waals surface area (Å²) in [7, 11) is 0. The van der Waals surface area contributed by atoms with Crippen LogP contribution in [0.4, 0.5) is 0 Å². The van der Waals surface area contributed by atoms with Crippen molar-refractivity contribution in [3.05, 3.63) is 44.3 Å². The third-order valence-corrected chi connectivity index (χ3v) is 4.39. The summed E-state index contributed by atoms with van der Waals surface area (Å²) in [4.78, 5) is 5.65. The van der Waals surface area contributed by atoms with Gasteiger partial charge in [0.05, 0.1) is 4.47 Å². The van der Waals surface area contributed by atoms with E-state index in [0.717, 1.165) is 28.0 Å². The number of thiazole rings is 1. The van der Waals surface area contributed by atoms with Crippen molar-refractivity contribution in [1.82, 2.24) is 10.3 Å². The molecule has 0 aliphatic heterocycles. The van der Waals surface area contributed by atoms with Crippen LogP contribution in [0.1, 0.15) is 22.4 Å². The van der Waals surface area contributed by atoms with Gasteiger partial charge in [-0.15, -0.1) is 11.3 Å². The zero-order chi connectivity index (χ0) is 13.0. The molecule has 18 heavy (non-hydrogen) atoms. The lowest BCUT2D eigenvalue weighted by Gasteiger charge is -2.06. The smallest absolute Gasteiger partial charge is 0.134 e. The Kier molecular flexibility index (Phi) is 4.74. The SMILES string of the molecule is CCc1cnc(CNCc2cccc(Br)c2O)s1. The summed E-state index contributed by atoms with van der Waals surface area (Å²) in [6.45, 7) is 3.49. The standard InChI is InChI=1S/C13H15BrN2OS/c1-2-10-7-16-12(18-10)8-15-6-9-4-3-5-11(14)13(9)17/h3-5,7,15,17H,2,6,8H2,1H3. The maximum absolute atomic E-state index is 9.84. The summed E-state index contributed by atoms with van der Waals surface area (Å²) in [5.41, 5.74) is 0.886. The number of aryl methyl sites for hydroxylation is 1. The van der Waals surface area contributed by atoms with Crippen molar-refractivity contribution >= 4 is 27.3 Å². The highest BCUT2D eigenvalue weighted by molar-refractivity contribution is 9.10. The molecule has 2 N–H and O–H groups in total. The van der Waals surface area contributed by atoms with Crippen molar-refractivity contribution in [3.8, 4) is 5.75 Å². The highest BCUT2D eigenvalue weighted by atomic mass is 79.9. The van der Waals surface area contributed by atoms with E-state index in [1.807, 2.05) is 24.4 Å². The molecule has 5 heteroatoms. The molecular formula is C13H15BrN2OS. The van der Waals surface area contributed by atoms with Crippen molar-refractivity contribution in [2.24, 2.45) is 0 Å². The van der Waals surface area contributed by atoms with Gasteiger partial charge in [0.2, 0.25) is 0 Å². The van der Waals surface area contributed by atoms with Crippen LogP contribution in [0.15, 0.2) is 28.9 Å². The maximum atomic E-state index is 9.84. The molecule has 0 spiro atoms. The van der Waals surface area contributed by atoms with Crippen molar-refractivity contribution in [1.29, 1.82) is 0 Å². The van der Waals surface area contributed by atoms with Crippen LogP contribution in [0, 0.1) is 0 Å². The second-order valence-corrected chi connectivity index (χ2v) is 5.98. The first-order valence-corrected chi connectivity index (χ1v) is 7.42. The van der Waals surface area contributed by atoms with Gasteiger partial charge in [-0.1, -0.05) is 19.1 Å². The van der Waals surface area contributed by atoms with Crippen LogP contribution >= 0.6 is 27.3 Å². The van der Waals surface area contributed by atoms with Crippen LogP contribution < -0.4 is 5.32 Å². The summed E-state index contributed by atoms with van der Waals surface area (Å²) in [5, 5.41) is 14.2. The Morgan fingerprint density at radius 2 is 2.22 bits per heavy atom. The molecule has 3 nitrogen and oxygen atoms in total. The van der Waals surface area contributed by atoms with Crippen LogP contribution in [-0.4, -0.2) is 10.1 Å². The molecule has 2 rings (SSSR count). The van der Waals surface area contributed by atoms with Gasteiger partial charge in [-0.05, 0) is 28.4 Å². The molecule has 0 radical (unpaired) electrons. The Labute approximate surface area is 119 Å². The Morgan fingerprint density at radius 1 is 1.39 bits per heavy atom. The lowest BCUT2D eigenvalue weighted by Crippen LogP contribution is -2.12. The first-order valence-electron chi connectivity index (χ1n) is 5.81. The number of aromatic nitrogens is 1. The van der Waals surface area contributed by atoms with Crippen LogP contribution in [0.5, 0.6) is 5.75 Å². The average Bonchev–Trinajstić information content (AvgIpc) is 2.82. The molecule has 0 atom stereocenters. The first kappa shape index (κ1) is 13.5. The van der Waals surface area contributed by atoms with Crippen molar-refractivity contribution in [2.45, 2.75) is 26.4 Å². The van der Waals surface area contributed by atoms with Gasteiger partial charge in [-0.3, -0.25) is 0 Å². The molecule has 0 fully saturated rings. The molecule has 0 saturated carbocycles. The third kappa shape index (κ3) is 3.31. The number of benzene rings is 1. The predicted molar refractivity (Wildman–Crippen MR) is 77.8 cm³/mol. The molecule has 2 aromatic rings. The average molecular weight is 327 g/mol. The summed E-state index contributed by atoms with van der Waals surface area (Å²) in [5.74, 6) is 0.304. The fourth-order valence-electron chi connectivity index (χ4n) is 1.60. The summed E-state index contributed by atoms with van der Waals surface area (Å²) in [6.07, 6.45) is 2.96. The minimum atomic E-state index is 0.304. The molecule has 0 amide bonds. The van der Waals surface area contributed by atoms with Gasteiger partial charge in [0.1, 0.15) is 10.8 Å². The van der Waals surface area contributed by atoms with Gasteiger partial charge in [0, 0.05) is 29.7 Å². The zero-order valence-corrected chi connectivity index (χ0v) is 12.5. The molecule has 96 valence electrons. The van der Waals surface area contributed by atoms with Crippen LogP contribution in [-0.2, 0) is 19.5 Å². The minimum Gasteiger partial charge on any atom is -0.506 e. The van der Waals surface area contributed by atoms with Gasteiger partial charge < -0.3 is 10.4 Å². The molecule has 0 aliphatic carbocycles. The number of para-hydroxylation sites is 1. The zero-order valence-electron chi connectivity index (χ0n) is 10.1. The molecule has 1 aromatic carbocycles. The Hall–Kier alpha value is -0.910. The highest BCUT2D eigenvalue weighted by Gasteiger charge is 2.05. The lowest BCUT2D eigenvalue weighted by molar-refractivity contribution is 0.461. The molecule has 1 heterocycles. The number of hydrogen-bond donors (Lipinski definition) is 2. The quantitative estimate of drug-likeness (QED) is 0.884. The van der Waals surface area contributed by atoms with E-state index in [1.54, 1.807) is 11.3 Å². The Morgan fingerprint density at radius 3 is 2.94 bits per heavy atom. The number of nitrogens with one attached hydrogen (secondary N) is 1. The number of phenols is 1. The Balaban J connectivity index is 1.90. The number of rotatable bonds is 5. The molecule has 0 bridgehead atoms. The monoisotopic (exact) mass is 326 g/mol. The number of aromatic hydroxyl groups is 1. The number of hydrogen-bond acceptors (Lipinski definition) is 4. The Bertz CT molecular complexity index is 527. The number of phenolic OH excluding ortho intramolecular Hbond substituents is 1. The van der Waals surface area contributed by atoms with E-state index in [-0.39, 0.29) is 0 Å². The number of halogens is 1. The van der Waals surface area contributed by atoms with Crippen molar-refractivity contribution in [3.63, 3.8) is 0 Å². The van der Waals surface area contributed by atoms with E-state index < -0.39 is 0 Å². The fourth-order valence-corrected chi connectivity index (χ4v) is 2.84. The summed E-state index contributed by atoms with van der Waals surface area (Å²) < 4.78 is 0.726. The van der Waals surface area contributed by atoms with E-state index in [9.17, 15) is 5.11 Å². The molecule has 0 unspecified atom stereocenters. The first-order chi connectivity index (χ1) is 8.70. The van der Waals surface area contributed by atoms with Gasteiger partial charge in [-0.2, -0.15) is 0 Å². The predicted octanol–water partition coefficient (Wildman–Crippen LogP) is 3.46. The molecule has 0 aliphatic rings. The van der Waals surface area contributed by atoms with Crippen molar-refractivity contribution in [2.75, 3.05) is 0 Å². The van der Waals surface area contributed by atoms with Crippen molar-refractivity contribution < 1.29 is 5.11 Å². The normalized spacial score (nSPS) is 10.8. The molecular weight excluding hydrogens is 312 g/mol. The fraction of sp³-hybridized carbons (Fsp3) is 0.308. The molecule has 0 saturated heterocycles. The minimum absolute atomic E-state index is 0.304. The van der Waals surface area contributed by atoms with Crippen LogP contribution in [0.25, 0.3) is 0 Å². The van der Waals surface area contributed by atoms with Crippen LogP contribution in [0.3, 0.4) is 0 Å². The maximum Gasteiger partial charge on any atom is 0.134 e. The topological polar surface area (TPSA) is 45.2 Å². The largest absolute Gasteiger partial charge is 0.506 e.